The highest BCUT2D eigenvalue weighted by molar-refractivity contribution is 6.30. The van der Waals surface area contributed by atoms with Crippen LogP contribution in [0.4, 0.5) is 0 Å². The molecule has 1 aliphatic rings. The minimum Gasteiger partial charge on any atom is -0.507 e. The number of phenolic OH excluding ortho intramolecular Hbond substituents is 2. The lowest BCUT2D eigenvalue weighted by Crippen LogP contribution is -2.46. The minimum absolute atomic E-state index is 0.0133. The largest absolute Gasteiger partial charge is 0.507 e. The van der Waals surface area contributed by atoms with Gasteiger partial charge in [-0.1, -0.05) is 80.4 Å². The molecule has 0 spiro atoms. The zero-order valence-corrected chi connectivity index (χ0v) is 36.2. The molecule has 6 N–H and O–H groups in total. The van der Waals surface area contributed by atoms with Crippen LogP contribution in [0.25, 0.3) is 22.3 Å². The smallest absolute Gasteiger partial charge is 0.226 e. The maximum absolute atomic E-state index is 14.7. The summed E-state index contributed by atoms with van der Waals surface area (Å²) in [6.45, 7) is 3.55. The lowest BCUT2D eigenvalue weighted by atomic mass is 9.87. The number of nitrogens with zero attached hydrogens (tertiary/aromatic N) is 2. The van der Waals surface area contributed by atoms with Crippen LogP contribution in [0.5, 0.6) is 11.5 Å². The molecule has 14 heteroatoms. The first kappa shape index (κ1) is 46.1. The summed E-state index contributed by atoms with van der Waals surface area (Å²) in [5, 5.41) is 25.7. The molecule has 4 bridgehead atoms. The monoisotopic (exact) mass is 873 g/mol. The van der Waals surface area contributed by atoms with E-state index in [-0.39, 0.29) is 65.6 Å². The number of ketones is 4. The molecule has 63 heavy (non-hydrogen) atoms. The molecule has 2 heterocycles. The highest BCUT2D eigenvalue weighted by atomic mass is 35.5. The van der Waals surface area contributed by atoms with E-state index in [9.17, 15) is 39.0 Å². The number of halogens is 1. The van der Waals surface area contributed by atoms with Crippen molar-refractivity contribution in [2.45, 2.75) is 70.9 Å². The molecule has 1 aliphatic heterocycles. The van der Waals surface area contributed by atoms with Gasteiger partial charge in [0.05, 0.1) is 18.6 Å². The van der Waals surface area contributed by atoms with Gasteiger partial charge >= 0.3 is 0 Å². The number of fused-ring (bicyclic) bond motifs is 5. The Morgan fingerprint density at radius 1 is 0.873 bits per heavy atom. The normalized spacial score (nSPS) is 17.5. The van der Waals surface area contributed by atoms with Crippen molar-refractivity contribution >= 4 is 46.5 Å². The van der Waals surface area contributed by atoms with Crippen LogP contribution in [0, 0.1) is 17.8 Å². The number of amides is 2. The minimum atomic E-state index is -1.28. The van der Waals surface area contributed by atoms with Crippen LogP contribution in [0.3, 0.4) is 0 Å². The second-order valence-electron chi connectivity index (χ2n) is 16.4. The van der Waals surface area contributed by atoms with Crippen molar-refractivity contribution in [2.75, 3.05) is 13.6 Å². The molecule has 5 aromatic rings. The number of nitrogens with one attached hydrogen (secondary N) is 2. The number of H-pyrrole nitrogens is 1. The van der Waals surface area contributed by atoms with Gasteiger partial charge < -0.3 is 31.1 Å². The van der Waals surface area contributed by atoms with Crippen LogP contribution in [0.1, 0.15) is 90.4 Å². The lowest BCUT2D eigenvalue weighted by Gasteiger charge is -2.32. The topological polar surface area (TPSA) is 213 Å². The van der Waals surface area contributed by atoms with Gasteiger partial charge in [-0.2, -0.15) is 0 Å². The van der Waals surface area contributed by atoms with Crippen molar-refractivity contribution in [3.05, 3.63) is 125 Å². The zero-order chi connectivity index (χ0) is 45.4. The molecule has 328 valence electrons. The van der Waals surface area contributed by atoms with Gasteiger partial charge in [-0.25, -0.2) is 4.98 Å². The number of hydrogen-bond acceptors (Lipinski definition) is 10. The second-order valence-corrected chi connectivity index (χ2v) is 16.8. The van der Waals surface area contributed by atoms with Crippen LogP contribution >= 0.6 is 11.6 Å². The summed E-state index contributed by atoms with van der Waals surface area (Å²) in [7, 11) is 1.48. The number of nitrogens with two attached hydrogens (primary N) is 1. The molecule has 0 fully saturated rings. The van der Waals surface area contributed by atoms with Gasteiger partial charge in [0.15, 0.2) is 23.1 Å². The van der Waals surface area contributed by atoms with Gasteiger partial charge in [0.1, 0.15) is 23.2 Å². The Hall–Kier alpha value is -6.44. The van der Waals surface area contributed by atoms with Crippen molar-refractivity contribution in [1.29, 1.82) is 0 Å². The first-order valence-electron chi connectivity index (χ1n) is 21.0. The van der Waals surface area contributed by atoms with Crippen LogP contribution < -0.4 is 11.1 Å². The summed E-state index contributed by atoms with van der Waals surface area (Å²) in [4.78, 5) is 91.8. The number of imidazole rings is 1. The average molecular weight is 874 g/mol. The Bertz CT molecular complexity index is 2470. The lowest BCUT2D eigenvalue weighted by molar-refractivity contribution is -0.142. The van der Waals surface area contributed by atoms with Gasteiger partial charge in [-0.05, 0) is 84.5 Å². The highest BCUT2D eigenvalue weighted by Crippen LogP contribution is 2.40. The Morgan fingerprint density at radius 2 is 1.52 bits per heavy atom. The number of hydrogen-bond donors (Lipinski definition) is 5. The number of rotatable bonds is 15. The van der Waals surface area contributed by atoms with Crippen molar-refractivity contribution in [1.82, 2.24) is 20.2 Å². The summed E-state index contributed by atoms with van der Waals surface area (Å²) in [6, 6.07) is 21.0. The van der Waals surface area contributed by atoms with E-state index in [1.165, 1.54) is 48.7 Å². The summed E-state index contributed by atoms with van der Waals surface area (Å²) in [6.07, 6.45) is 3.51. The average Bonchev–Trinajstić information content (AvgIpc) is 3.82. The van der Waals surface area contributed by atoms with Gasteiger partial charge in [0, 0.05) is 65.8 Å². The molecule has 4 aromatic carbocycles. The Kier molecular flexibility index (Phi) is 15.1. The number of Topliss-reactive ketones (excluding diaryl/α,β-unsaturated/α-hetero) is 4. The van der Waals surface area contributed by atoms with E-state index in [2.05, 4.69) is 15.3 Å². The van der Waals surface area contributed by atoms with E-state index in [0.29, 0.717) is 47.5 Å². The van der Waals surface area contributed by atoms with Crippen LogP contribution in [0.2, 0.25) is 5.02 Å². The Labute approximate surface area is 371 Å². The molecule has 2 amide bonds. The number of likely N-dealkylation sites (N-methyl/N-ethyl adjacent to an activating group) is 1. The third-order valence-electron chi connectivity index (χ3n) is 11.7. The fraction of sp³-hybridized carbons (Fsp3) is 0.327. The van der Waals surface area contributed by atoms with Gasteiger partial charge in [0.2, 0.25) is 11.8 Å². The number of aromatic hydroxyl groups is 2. The van der Waals surface area contributed by atoms with Crippen LogP contribution in [-0.4, -0.2) is 79.7 Å². The number of aromatic nitrogens is 2. The Morgan fingerprint density at radius 3 is 2.17 bits per heavy atom. The molecule has 0 aliphatic carbocycles. The molecule has 0 radical (unpaired) electrons. The van der Waals surface area contributed by atoms with Crippen molar-refractivity contribution in [3.8, 4) is 33.8 Å². The second kappa shape index (κ2) is 20.6. The van der Waals surface area contributed by atoms with Crippen molar-refractivity contribution < 1.29 is 39.0 Å². The van der Waals surface area contributed by atoms with Crippen molar-refractivity contribution in [2.24, 2.45) is 23.5 Å². The fourth-order valence-electron chi connectivity index (χ4n) is 8.08. The first-order chi connectivity index (χ1) is 30.1. The van der Waals surface area contributed by atoms with E-state index < -0.39 is 53.2 Å². The van der Waals surface area contributed by atoms with E-state index in [1.54, 1.807) is 50.2 Å². The maximum Gasteiger partial charge on any atom is 0.226 e. The number of carbonyl (C=O) groups is 6. The molecule has 13 nitrogen and oxygen atoms in total. The Balaban J connectivity index is 1.31. The summed E-state index contributed by atoms with van der Waals surface area (Å²) in [5.74, 6) is -5.54. The molecular formula is C49H52ClN5O8. The predicted molar refractivity (Wildman–Crippen MR) is 239 cm³/mol. The third kappa shape index (κ3) is 11.1. The molecule has 0 saturated heterocycles. The number of carbonyl (C=O) groups excluding carboxylic acids is 6. The zero-order valence-electron chi connectivity index (χ0n) is 35.5. The van der Waals surface area contributed by atoms with E-state index in [0.717, 1.165) is 11.1 Å². The molecule has 0 saturated carbocycles. The molecular weight excluding hydrogens is 822 g/mol. The van der Waals surface area contributed by atoms with E-state index >= 15 is 0 Å². The SMILES string of the molecule is C[C@@H]1CC(=O)[C@@H](N(C)C(=O)[C@H](CCCCN)CC(=O)c2ccc(-c3ccc(Cl)cc3)cc2)c2ccc(O)c(c2)-c2cc(ccc2O)C[C@@H](C(=O)C[C@@H](C)C(=O)c2cnc[nH]2)NC1=O. The molecule has 1 aromatic heterocycles. The number of phenols is 2. The maximum atomic E-state index is 14.7. The number of unbranched alkanes of at least 4 members (excludes halogenated alkanes) is 1. The summed E-state index contributed by atoms with van der Waals surface area (Å²) >= 11 is 6.06. The van der Waals surface area contributed by atoms with Crippen LogP contribution in [-0.2, 0) is 25.6 Å². The molecule has 5 atom stereocenters. The van der Waals surface area contributed by atoms with Crippen LogP contribution in [0.15, 0.2) is 97.5 Å². The standard InChI is InChI=1S/C49H52ClN5O8/c1-28(47(61)40-26-52-27-53-40)20-44(59)39-23-30-7-17-41(56)37(22-30)38-24-34(14-18-42(38)57)46(45(60)21-29(2)48(62)54-39)55(3)49(63)35(6-4-5-19-51)25-43(58)33-10-8-31(9-11-33)32-12-15-36(50)16-13-32/h7-18,22,24,26-29,35,39,46,56-57H,4-6,19-21,23,25,51H2,1-3H3,(H,52,53)(H,54,62)/t28-,29-,35-,39+,46+/m1/s1. The number of benzene rings is 4. The van der Waals surface area contributed by atoms with E-state index in [4.69, 9.17) is 17.3 Å². The first-order valence-corrected chi connectivity index (χ1v) is 21.4. The highest BCUT2D eigenvalue weighted by Gasteiger charge is 2.36. The van der Waals surface area contributed by atoms with Gasteiger partial charge in [0.25, 0.3) is 0 Å². The van der Waals surface area contributed by atoms with Gasteiger partial charge in [-0.3, -0.25) is 28.8 Å². The summed E-state index contributed by atoms with van der Waals surface area (Å²) in [5.41, 5.74) is 9.48. The predicted octanol–water partition coefficient (Wildman–Crippen LogP) is 7.44. The number of aromatic amines is 1. The fourth-order valence-corrected chi connectivity index (χ4v) is 8.21. The van der Waals surface area contributed by atoms with Crippen molar-refractivity contribution in [3.63, 3.8) is 0 Å². The quantitative estimate of drug-likeness (QED) is 0.0518. The summed E-state index contributed by atoms with van der Waals surface area (Å²) < 4.78 is 0. The molecule has 0 unspecified atom stereocenters. The third-order valence-corrected chi connectivity index (χ3v) is 12.0. The van der Waals surface area contributed by atoms with Gasteiger partial charge in [-0.15, -0.1) is 0 Å². The molecule has 6 rings (SSSR count). The van der Waals surface area contributed by atoms with E-state index in [1.807, 2.05) is 24.3 Å².